The summed E-state index contributed by atoms with van der Waals surface area (Å²) in [5.41, 5.74) is 0. The van der Waals surface area contributed by atoms with Crippen LogP contribution < -0.4 is 4.90 Å². The Kier molecular flexibility index (Phi) is 6.47. The van der Waals surface area contributed by atoms with Gasteiger partial charge in [-0.2, -0.15) is 0 Å². The number of hydrogen-bond donors (Lipinski definition) is 0. The third kappa shape index (κ3) is 4.74. The third-order valence-corrected chi connectivity index (χ3v) is 5.58. The van der Waals surface area contributed by atoms with Gasteiger partial charge in [-0.1, -0.05) is 31.7 Å². The number of aromatic nitrogens is 1. The van der Waals surface area contributed by atoms with Crippen molar-refractivity contribution in [3.63, 3.8) is 0 Å². The van der Waals surface area contributed by atoms with Crippen LogP contribution in [-0.4, -0.2) is 65.4 Å². The van der Waals surface area contributed by atoms with E-state index in [1.165, 1.54) is 12.8 Å². The molecule has 0 spiro atoms. The fraction of sp³-hybridized carbons (Fsp3) is 0.650. The molecule has 2 amide bonds. The fourth-order valence-corrected chi connectivity index (χ4v) is 4.04. The normalized spacial score (nSPS) is 19.1. The second kappa shape index (κ2) is 9.01. The number of amides is 2. The first-order chi connectivity index (χ1) is 12.6. The minimum Gasteiger partial charge on any atom is -0.353 e. The van der Waals surface area contributed by atoms with Crippen molar-refractivity contribution in [3.05, 3.63) is 24.4 Å². The van der Waals surface area contributed by atoms with Gasteiger partial charge in [-0.25, -0.2) is 4.98 Å². The molecule has 142 valence electrons. The van der Waals surface area contributed by atoms with Crippen LogP contribution in [0, 0.1) is 0 Å². The molecule has 3 rings (SSSR count). The standard InChI is InChI=1S/C20H30N4O2/c1-17(25)24(18-8-4-2-3-5-9-18)16-20(26)23-14-12-22(13-15-23)19-10-6-7-11-21-19/h6-7,10-11,18H,2-5,8-9,12-16H2,1H3. The van der Waals surface area contributed by atoms with E-state index in [1.54, 1.807) is 13.1 Å². The molecule has 6 nitrogen and oxygen atoms in total. The minimum absolute atomic E-state index is 0.0253. The average Bonchev–Trinajstić information content (AvgIpc) is 2.96. The van der Waals surface area contributed by atoms with E-state index in [0.717, 1.165) is 44.6 Å². The summed E-state index contributed by atoms with van der Waals surface area (Å²) in [5, 5.41) is 0. The molecule has 1 aliphatic carbocycles. The van der Waals surface area contributed by atoms with Gasteiger partial charge in [0, 0.05) is 45.3 Å². The van der Waals surface area contributed by atoms with E-state index >= 15 is 0 Å². The molecule has 1 saturated heterocycles. The van der Waals surface area contributed by atoms with Gasteiger partial charge in [0.25, 0.3) is 0 Å². The Balaban J connectivity index is 1.54. The van der Waals surface area contributed by atoms with E-state index in [2.05, 4.69) is 9.88 Å². The lowest BCUT2D eigenvalue weighted by atomic mass is 10.1. The predicted octanol–water partition coefficient (Wildman–Crippen LogP) is 2.30. The van der Waals surface area contributed by atoms with Crippen LogP contribution in [-0.2, 0) is 9.59 Å². The number of piperazine rings is 1. The van der Waals surface area contributed by atoms with E-state index in [4.69, 9.17) is 0 Å². The minimum atomic E-state index is 0.0253. The Morgan fingerprint density at radius 3 is 2.35 bits per heavy atom. The molecule has 1 aromatic rings. The highest BCUT2D eigenvalue weighted by Crippen LogP contribution is 2.22. The topological polar surface area (TPSA) is 56.8 Å². The maximum absolute atomic E-state index is 12.8. The van der Waals surface area contributed by atoms with Crippen LogP contribution in [0.25, 0.3) is 0 Å². The second-order valence-corrected chi connectivity index (χ2v) is 7.35. The fourth-order valence-electron chi connectivity index (χ4n) is 4.04. The summed E-state index contributed by atoms with van der Waals surface area (Å²) < 4.78 is 0. The summed E-state index contributed by atoms with van der Waals surface area (Å²) >= 11 is 0. The van der Waals surface area contributed by atoms with Crippen molar-refractivity contribution in [2.75, 3.05) is 37.6 Å². The first kappa shape index (κ1) is 18.7. The van der Waals surface area contributed by atoms with Crippen molar-refractivity contribution < 1.29 is 9.59 Å². The Bertz CT molecular complexity index is 591. The summed E-state index contributed by atoms with van der Waals surface area (Å²) in [5.74, 6) is 1.06. The van der Waals surface area contributed by atoms with E-state index in [0.29, 0.717) is 13.1 Å². The van der Waals surface area contributed by atoms with Gasteiger partial charge in [0.15, 0.2) is 0 Å². The molecule has 2 heterocycles. The molecule has 0 unspecified atom stereocenters. The van der Waals surface area contributed by atoms with E-state index < -0.39 is 0 Å². The van der Waals surface area contributed by atoms with Crippen LogP contribution in [0.15, 0.2) is 24.4 Å². The van der Waals surface area contributed by atoms with Crippen LogP contribution in [0.4, 0.5) is 5.82 Å². The number of rotatable bonds is 4. The predicted molar refractivity (Wildman–Crippen MR) is 102 cm³/mol. The zero-order valence-electron chi connectivity index (χ0n) is 15.8. The molecular weight excluding hydrogens is 328 g/mol. The molecular formula is C20H30N4O2. The number of anilines is 1. The maximum Gasteiger partial charge on any atom is 0.242 e. The molecule has 0 radical (unpaired) electrons. The van der Waals surface area contributed by atoms with Crippen molar-refractivity contribution >= 4 is 17.6 Å². The average molecular weight is 358 g/mol. The molecule has 6 heteroatoms. The molecule has 1 saturated carbocycles. The van der Waals surface area contributed by atoms with Gasteiger partial charge in [0.05, 0.1) is 6.54 Å². The van der Waals surface area contributed by atoms with E-state index in [1.807, 2.05) is 28.0 Å². The van der Waals surface area contributed by atoms with Crippen molar-refractivity contribution in [2.45, 2.75) is 51.5 Å². The van der Waals surface area contributed by atoms with E-state index in [9.17, 15) is 9.59 Å². The van der Waals surface area contributed by atoms with Gasteiger partial charge in [-0.05, 0) is 25.0 Å². The molecule has 2 aliphatic rings. The molecule has 2 fully saturated rings. The van der Waals surface area contributed by atoms with Gasteiger partial charge in [0.2, 0.25) is 11.8 Å². The highest BCUT2D eigenvalue weighted by Gasteiger charge is 2.28. The lowest BCUT2D eigenvalue weighted by Gasteiger charge is -2.37. The Morgan fingerprint density at radius 1 is 1.08 bits per heavy atom. The largest absolute Gasteiger partial charge is 0.353 e. The lowest BCUT2D eigenvalue weighted by Crippen LogP contribution is -2.53. The molecule has 0 N–H and O–H groups in total. The first-order valence-corrected chi connectivity index (χ1v) is 9.86. The molecule has 1 aromatic heterocycles. The van der Waals surface area contributed by atoms with Gasteiger partial charge >= 0.3 is 0 Å². The highest BCUT2D eigenvalue weighted by atomic mass is 16.2. The molecule has 0 atom stereocenters. The highest BCUT2D eigenvalue weighted by molar-refractivity contribution is 5.84. The summed E-state index contributed by atoms with van der Waals surface area (Å²) in [6, 6.07) is 6.12. The Labute approximate surface area is 156 Å². The number of carbonyl (C=O) groups is 2. The van der Waals surface area contributed by atoms with Crippen LogP contribution in [0.2, 0.25) is 0 Å². The van der Waals surface area contributed by atoms with Crippen molar-refractivity contribution in [1.29, 1.82) is 0 Å². The number of hydrogen-bond acceptors (Lipinski definition) is 4. The quantitative estimate of drug-likeness (QED) is 0.775. The zero-order chi connectivity index (χ0) is 18.4. The monoisotopic (exact) mass is 358 g/mol. The molecule has 26 heavy (non-hydrogen) atoms. The number of carbonyl (C=O) groups excluding carboxylic acids is 2. The van der Waals surface area contributed by atoms with Crippen molar-refractivity contribution in [3.8, 4) is 0 Å². The van der Waals surface area contributed by atoms with Crippen molar-refractivity contribution in [2.24, 2.45) is 0 Å². The molecule has 0 aromatic carbocycles. The number of pyridine rings is 1. The maximum atomic E-state index is 12.8. The molecule has 0 bridgehead atoms. The van der Waals surface area contributed by atoms with Crippen LogP contribution in [0.5, 0.6) is 0 Å². The van der Waals surface area contributed by atoms with E-state index in [-0.39, 0.29) is 24.4 Å². The summed E-state index contributed by atoms with van der Waals surface area (Å²) in [6.45, 7) is 4.76. The van der Waals surface area contributed by atoms with Gasteiger partial charge in [-0.15, -0.1) is 0 Å². The smallest absolute Gasteiger partial charge is 0.242 e. The van der Waals surface area contributed by atoms with Crippen LogP contribution in [0.3, 0.4) is 0 Å². The Morgan fingerprint density at radius 2 is 1.77 bits per heavy atom. The number of nitrogens with zero attached hydrogens (tertiary/aromatic N) is 4. The van der Waals surface area contributed by atoms with Crippen molar-refractivity contribution in [1.82, 2.24) is 14.8 Å². The summed E-state index contributed by atoms with van der Waals surface area (Å²) in [4.78, 5) is 35.2. The second-order valence-electron chi connectivity index (χ2n) is 7.35. The lowest BCUT2D eigenvalue weighted by molar-refractivity contribution is -0.141. The SMILES string of the molecule is CC(=O)N(CC(=O)N1CCN(c2ccccn2)CC1)C1CCCCCC1. The van der Waals surface area contributed by atoms with Crippen LogP contribution in [0.1, 0.15) is 45.4 Å². The zero-order valence-corrected chi connectivity index (χ0v) is 15.8. The Hall–Kier alpha value is -2.11. The molecule has 1 aliphatic heterocycles. The van der Waals surface area contributed by atoms with Gasteiger partial charge in [-0.3, -0.25) is 9.59 Å². The van der Waals surface area contributed by atoms with Gasteiger partial charge < -0.3 is 14.7 Å². The summed E-state index contributed by atoms with van der Waals surface area (Å²) in [7, 11) is 0. The third-order valence-electron chi connectivity index (χ3n) is 5.58. The first-order valence-electron chi connectivity index (χ1n) is 9.86. The van der Waals surface area contributed by atoms with Gasteiger partial charge in [0.1, 0.15) is 5.82 Å². The summed E-state index contributed by atoms with van der Waals surface area (Å²) in [6.07, 6.45) is 8.65. The van der Waals surface area contributed by atoms with Crippen LogP contribution >= 0.6 is 0 Å².